The van der Waals surface area contributed by atoms with Crippen molar-refractivity contribution in [2.45, 2.75) is 25.3 Å². The largest absolute Gasteiger partial charge is 0.463 e. The molecule has 0 aliphatic carbocycles. The van der Waals surface area contributed by atoms with Crippen LogP contribution in [0.4, 0.5) is 4.79 Å². The van der Waals surface area contributed by atoms with Crippen LogP contribution in [0, 0.1) is 0 Å². The van der Waals surface area contributed by atoms with Crippen LogP contribution in [-0.2, 0) is 42.9 Å². The molecular weight excluding hydrogens is 454 g/mol. The van der Waals surface area contributed by atoms with E-state index in [0.29, 0.717) is 0 Å². The summed E-state index contributed by atoms with van der Waals surface area (Å²) in [5, 5.41) is 6.64. The Morgan fingerprint density at radius 2 is 1.21 bits per heavy atom. The molecule has 0 aromatic rings. The van der Waals surface area contributed by atoms with E-state index < -0.39 is 48.3 Å². The minimum absolute atomic E-state index is 0.0784. The van der Waals surface area contributed by atoms with Crippen molar-refractivity contribution < 1.29 is 47.7 Å². The van der Waals surface area contributed by atoms with Gasteiger partial charge in [-0.3, -0.25) is 14.4 Å². The minimum Gasteiger partial charge on any atom is -0.463 e. The molecular formula is C21H27N3O10. The predicted octanol–water partition coefficient (Wildman–Crippen LogP) is -0.249. The number of hydrogen-bond acceptors (Lipinski definition) is 10. The standard InChI is InChI=1S/C21H27N3O10/c1-5-14(25)23-19(33-18(29)10-9-12-31-16(27)7-3)20(24-15(26)6-2)34-21(30)22-11-13-32-17(28)8-4/h5-8,19-20H,1-4,9-13H2,(H,22,30)(H,23,25)(H,24,26). The first-order valence-electron chi connectivity index (χ1n) is 9.75. The number of carbonyl (C=O) groups is 6. The number of hydrogen-bond donors (Lipinski definition) is 3. The van der Waals surface area contributed by atoms with Crippen molar-refractivity contribution in [3.05, 3.63) is 50.6 Å². The van der Waals surface area contributed by atoms with Crippen molar-refractivity contribution >= 4 is 35.8 Å². The summed E-state index contributed by atoms with van der Waals surface area (Å²) in [4.78, 5) is 69.8. The lowest BCUT2D eigenvalue weighted by atomic mass is 10.3. The maximum absolute atomic E-state index is 12.2. The van der Waals surface area contributed by atoms with Gasteiger partial charge in [-0.1, -0.05) is 26.3 Å². The van der Waals surface area contributed by atoms with Crippen LogP contribution in [0.15, 0.2) is 50.6 Å². The molecule has 3 amide bonds. The molecule has 0 fully saturated rings. The van der Waals surface area contributed by atoms with Gasteiger partial charge in [-0.25, -0.2) is 14.4 Å². The summed E-state index contributed by atoms with van der Waals surface area (Å²) in [6, 6.07) is 0. The van der Waals surface area contributed by atoms with Gasteiger partial charge in [0, 0.05) is 18.6 Å². The molecule has 2 unspecified atom stereocenters. The van der Waals surface area contributed by atoms with E-state index in [1.165, 1.54) is 0 Å². The van der Waals surface area contributed by atoms with Crippen molar-refractivity contribution in [3.8, 4) is 0 Å². The lowest BCUT2D eigenvalue weighted by molar-refractivity contribution is -0.162. The van der Waals surface area contributed by atoms with Gasteiger partial charge < -0.3 is 34.9 Å². The average molecular weight is 481 g/mol. The van der Waals surface area contributed by atoms with E-state index in [1.807, 2.05) is 0 Å². The minimum atomic E-state index is -1.69. The summed E-state index contributed by atoms with van der Waals surface area (Å²) >= 11 is 0. The summed E-state index contributed by atoms with van der Waals surface area (Å²) < 4.78 is 19.6. The Kier molecular flexibility index (Phi) is 14.9. The zero-order valence-corrected chi connectivity index (χ0v) is 18.4. The highest BCUT2D eigenvalue weighted by Gasteiger charge is 2.31. The molecule has 0 bridgehead atoms. The summed E-state index contributed by atoms with van der Waals surface area (Å²) in [6.45, 7) is 12.5. The number of ether oxygens (including phenoxy) is 4. The van der Waals surface area contributed by atoms with E-state index in [9.17, 15) is 28.8 Å². The van der Waals surface area contributed by atoms with E-state index in [1.54, 1.807) is 0 Å². The van der Waals surface area contributed by atoms with Gasteiger partial charge in [0.1, 0.15) is 6.61 Å². The molecule has 13 nitrogen and oxygen atoms in total. The van der Waals surface area contributed by atoms with E-state index in [2.05, 4.69) is 47.0 Å². The Morgan fingerprint density at radius 3 is 1.71 bits per heavy atom. The van der Waals surface area contributed by atoms with Crippen LogP contribution in [0.1, 0.15) is 12.8 Å². The zero-order chi connectivity index (χ0) is 25.9. The van der Waals surface area contributed by atoms with E-state index in [-0.39, 0.29) is 32.6 Å². The maximum Gasteiger partial charge on any atom is 0.409 e. The molecule has 0 aromatic carbocycles. The first-order chi connectivity index (χ1) is 16.2. The highest BCUT2D eigenvalue weighted by atomic mass is 16.6. The first kappa shape index (κ1) is 29.6. The molecule has 186 valence electrons. The smallest absolute Gasteiger partial charge is 0.409 e. The number of carbonyl (C=O) groups excluding carboxylic acids is 6. The molecule has 0 aromatic heterocycles. The lowest BCUT2D eigenvalue weighted by Crippen LogP contribution is -2.56. The van der Waals surface area contributed by atoms with E-state index in [0.717, 1.165) is 24.3 Å². The van der Waals surface area contributed by atoms with Crippen LogP contribution < -0.4 is 16.0 Å². The highest BCUT2D eigenvalue weighted by molar-refractivity contribution is 5.88. The Morgan fingerprint density at radius 1 is 0.706 bits per heavy atom. The molecule has 0 rings (SSSR count). The fraction of sp³-hybridized carbons (Fsp3) is 0.333. The lowest BCUT2D eigenvalue weighted by Gasteiger charge is -2.27. The normalized spacial score (nSPS) is 11.3. The quantitative estimate of drug-likeness (QED) is 0.0876. The maximum atomic E-state index is 12.2. The van der Waals surface area contributed by atoms with Crippen LogP contribution in [-0.4, -0.2) is 68.0 Å². The molecule has 2 atom stereocenters. The predicted molar refractivity (Wildman–Crippen MR) is 116 cm³/mol. The van der Waals surface area contributed by atoms with Gasteiger partial charge in [-0.2, -0.15) is 0 Å². The van der Waals surface area contributed by atoms with Gasteiger partial charge in [0.15, 0.2) is 0 Å². The number of amides is 3. The molecule has 0 radical (unpaired) electrons. The SMILES string of the molecule is C=CC(=O)NC(OC(=O)CCCOC(=O)C=C)C(NC(=O)C=C)OC(=O)NCCOC(=O)C=C. The van der Waals surface area contributed by atoms with Gasteiger partial charge in [0.25, 0.3) is 0 Å². The molecule has 13 heteroatoms. The van der Waals surface area contributed by atoms with Crippen molar-refractivity contribution in [1.82, 2.24) is 16.0 Å². The van der Waals surface area contributed by atoms with Gasteiger partial charge in [0.05, 0.1) is 13.2 Å². The summed E-state index contributed by atoms with van der Waals surface area (Å²) in [7, 11) is 0. The summed E-state index contributed by atoms with van der Waals surface area (Å²) in [5.41, 5.74) is 0. The molecule has 0 saturated carbocycles. The Labute approximate surface area is 195 Å². The third-order valence-electron chi connectivity index (χ3n) is 3.43. The molecule has 34 heavy (non-hydrogen) atoms. The molecule has 3 N–H and O–H groups in total. The molecule has 0 heterocycles. The zero-order valence-electron chi connectivity index (χ0n) is 18.4. The number of rotatable bonds is 16. The topological polar surface area (TPSA) is 175 Å². The fourth-order valence-electron chi connectivity index (χ4n) is 1.90. The van der Waals surface area contributed by atoms with Gasteiger partial charge in [-0.15, -0.1) is 0 Å². The number of nitrogens with one attached hydrogen (secondary N) is 3. The van der Waals surface area contributed by atoms with E-state index in [4.69, 9.17) is 14.2 Å². The van der Waals surface area contributed by atoms with Crippen LogP contribution in [0.2, 0.25) is 0 Å². The van der Waals surface area contributed by atoms with E-state index >= 15 is 0 Å². The second kappa shape index (κ2) is 17.2. The molecule has 0 aliphatic rings. The van der Waals surface area contributed by atoms with Crippen molar-refractivity contribution in [3.63, 3.8) is 0 Å². The average Bonchev–Trinajstić information content (AvgIpc) is 2.82. The Hall–Kier alpha value is -4.42. The number of alkyl carbamates (subject to hydrolysis) is 1. The second-order valence-electron chi connectivity index (χ2n) is 5.94. The summed E-state index contributed by atoms with van der Waals surface area (Å²) in [5.74, 6) is -3.87. The summed E-state index contributed by atoms with van der Waals surface area (Å²) in [6.07, 6.45) is -1.02. The van der Waals surface area contributed by atoms with Crippen LogP contribution >= 0.6 is 0 Å². The Balaban J connectivity index is 5.19. The van der Waals surface area contributed by atoms with Crippen molar-refractivity contribution in [2.24, 2.45) is 0 Å². The molecule has 0 saturated heterocycles. The van der Waals surface area contributed by atoms with Gasteiger partial charge in [0.2, 0.25) is 24.3 Å². The first-order valence-corrected chi connectivity index (χ1v) is 9.75. The number of esters is 3. The third-order valence-corrected chi connectivity index (χ3v) is 3.43. The Bertz CT molecular complexity index is 743. The van der Waals surface area contributed by atoms with Crippen LogP contribution in [0.5, 0.6) is 0 Å². The fourth-order valence-corrected chi connectivity index (χ4v) is 1.90. The molecule has 0 aliphatic heterocycles. The van der Waals surface area contributed by atoms with Crippen molar-refractivity contribution in [1.29, 1.82) is 0 Å². The van der Waals surface area contributed by atoms with Crippen LogP contribution in [0.3, 0.4) is 0 Å². The van der Waals surface area contributed by atoms with Gasteiger partial charge in [-0.05, 0) is 18.6 Å². The molecule has 0 spiro atoms. The van der Waals surface area contributed by atoms with Crippen LogP contribution in [0.25, 0.3) is 0 Å². The van der Waals surface area contributed by atoms with Crippen molar-refractivity contribution in [2.75, 3.05) is 19.8 Å². The monoisotopic (exact) mass is 481 g/mol. The third kappa shape index (κ3) is 13.8. The highest BCUT2D eigenvalue weighted by Crippen LogP contribution is 2.05. The second-order valence-corrected chi connectivity index (χ2v) is 5.94. The van der Waals surface area contributed by atoms with Gasteiger partial charge >= 0.3 is 24.0 Å².